The standard InChI is InChI=1S/C20H23ClN2O2/c1-3-4-10-19(16-8-6-5-7-9-16)22-23-20(24)14-25-17-11-12-18(21)15(2)13-17/h5-9,11-13H,3-4,10,14H2,1-2H3,(H,23,24)/b22-19+. The largest absolute Gasteiger partial charge is 0.484 e. The number of benzene rings is 2. The molecule has 2 aromatic rings. The van der Waals surface area contributed by atoms with E-state index in [2.05, 4.69) is 17.5 Å². The fourth-order valence-electron chi connectivity index (χ4n) is 2.26. The van der Waals surface area contributed by atoms with Gasteiger partial charge in [0.05, 0.1) is 5.71 Å². The van der Waals surface area contributed by atoms with E-state index < -0.39 is 0 Å². The van der Waals surface area contributed by atoms with Crippen LogP contribution < -0.4 is 10.2 Å². The van der Waals surface area contributed by atoms with Gasteiger partial charge >= 0.3 is 0 Å². The smallest absolute Gasteiger partial charge is 0.277 e. The highest BCUT2D eigenvalue weighted by molar-refractivity contribution is 6.31. The average molecular weight is 359 g/mol. The molecule has 0 aromatic heterocycles. The molecule has 1 amide bonds. The molecular formula is C20H23ClN2O2. The summed E-state index contributed by atoms with van der Waals surface area (Å²) in [4.78, 5) is 12.0. The lowest BCUT2D eigenvalue weighted by Crippen LogP contribution is -2.26. The number of hydrogen-bond acceptors (Lipinski definition) is 3. The first-order chi connectivity index (χ1) is 12.1. The van der Waals surface area contributed by atoms with Gasteiger partial charge in [-0.25, -0.2) is 5.43 Å². The van der Waals surface area contributed by atoms with Gasteiger partial charge in [-0.15, -0.1) is 0 Å². The lowest BCUT2D eigenvalue weighted by atomic mass is 10.1. The Kier molecular flexibility index (Phi) is 7.48. The summed E-state index contributed by atoms with van der Waals surface area (Å²) < 4.78 is 5.48. The van der Waals surface area contributed by atoms with Gasteiger partial charge in [0.2, 0.25) is 0 Å². The van der Waals surface area contributed by atoms with E-state index in [1.54, 1.807) is 18.2 Å². The summed E-state index contributed by atoms with van der Waals surface area (Å²) in [6.07, 6.45) is 2.90. The van der Waals surface area contributed by atoms with E-state index in [1.165, 1.54) is 0 Å². The van der Waals surface area contributed by atoms with Crippen molar-refractivity contribution in [2.45, 2.75) is 33.1 Å². The number of nitrogens with zero attached hydrogens (tertiary/aromatic N) is 1. The number of nitrogens with one attached hydrogen (secondary N) is 1. The van der Waals surface area contributed by atoms with E-state index in [0.29, 0.717) is 10.8 Å². The van der Waals surface area contributed by atoms with Crippen molar-refractivity contribution >= 4 is 23.2 Å². The lowest BCUT2D eigenvalue weighted by Gasteiger charge is -2.09. The van der Waals surface area contributed by atoms with Crippen molar-refractivity contribution in [1.29, 1.82) is 0 Å². The predicted molar refractivity (Wildman–Crippen MR) is 102 cm³/mol. The Morgan fingerprint density at radius 2 is 1.96 bits per heavy atom. The second kappa shape index (κ2) is 9.84. The van der Waals surface area contributed by atoms with Gasteiger partial charge in [-0.3, -0.25) is 4.79 Å². The van der Waals surface area contributed by atoms with E-state index in [-0.39, 0.29) is 12.5 Å². The number of carbonyl (C=O) groups excluding carboxylic acids is 1. The minimum Gasteiger partial charge on any atom is -0.484 e. The molecule has 2 aromatic carbocycles. The summed E-state index contributed by atoms with van der Waals surface area (Å²) in [7, 11) is 0. The maximum Gasteiger partial charge on any atom is 0.277 e. The third kappa shape index (κ3) is 6.24. The quantitative estimate of drug-likeness (QED) is 0.547. The first-order valence-electron chi connectivity index (χ1n) is 8.40. The molecule has 0 saturated carbocycles. The zero-order chi connectivity index (χ0) is 18.1. The van der Waals surface area contributed by atoms with E-state index >= 15 is 0 Å². The molecule has 25 heavy (non-hydrogen) atoms. The van der Waals surface area contributed by atoms with Crippen molar-refractivity contribution in [3.05, 3.63) is 64.7 Å². The van der Waals surface area contributed by atoms with Crippen LogP contribution in [0.3, 0.4) is 0 Å². The lowest BCUT2D eigenvalue weighted by molar-refractivity contribution is -0.123. The maximum atomic E-state index is 12.0. The van der Waals surface area contributed by atoms with Crippen molar-refractivity contribution in [3.63, 3.8) is 0 Å². The summed E-state index contributed by atoms with van der Waals surface area (Å²) in [5, 5.41) is 4.96. The second-order valence-corrected chi connectivity index (χ2v) is 6.17. The van der Waals surface area contributed by atoms with Crippen LogP contribution in [0.1, 0.15) is 37.3 Å². The SMILES string of the molecule is CCCC/C(=N\NC(=O)COc1ccc(Cl)c(C)c1)c1ccccc1. The molecule has 0 saturated heterocycles. The highest BCUT2D eigenvalue weighted by Gasteiger charge is 2.06. The summed E-state index contributed by atoms with van der Waals surface area (Å²) in [5.74, 6) is 0.313. The van der Waals surface area contributed by atoms with Gasteiger partial charge in [0.1, 0.15) is 5.75 Å². The molecule has 5 heteroatoms. The maximum absolute atomic E-state index is 12.0. The first-order valence-corrected chi connectivity index (χ1v) is 8.77. The number of amides is 1. The number of carbonyl (C=O) groups is 1. The van der Waals surface area contributed by atoms with E-state index in [1.807, 2.05) is 37.3 Å². The van der Waals surface area contributed by atoms with Gasteiger partial charge in [0, 0.05) is 5.02 Å². The Bertz CT molecular complexity index is 730. The molecule has 0 aliphatic carbocycles. The molecule has 0 fully saturated rings. The Morgan fingerprint density at radius 3 is 2.64 bits per heavy atom. The van der Waals surface area contributed by atoms with Gasteiger partial charge in [0.25, 0.3) is 5.91 Å². The molecule has 0 atom stereocenters. The molecule has 0 unspecified atom stereocenters. The van der Waals surface area contributed by atoms with Crippen LogP contribution in [0.5, 0.6) is 5.75 Å². The molecule has 0 aliphatic heterocycles. The normalized spacial score (nSPS) is 11.2. The second-order valence-electron chi connectivity index (χ2n) is 5.76. The minimum atomic E-state index is -0.294. The molecule has 0 radical (unpaired) electrons. The van der Waals surface area contributed by atoms with Gasteiger partial charge in [-0.2, -0.15) is 5.10 Å². The third-order valence-corrected chi connectivity index (χ3v) is 4.11. The molecule has 1 N–H and O–H groups in total. The van der Waals surface area contributed by atoms with Crippen LogP contribution in [0.4, 0.5) is 0 Å². The third-order valence-electron chi connectivity index (χ3n) is 3.69. The van der Waals surface area contributed by atoms with Crippen LogP contribution in [-0.4, -0.2) is 18.2 Å². The molecular weight excluding hydrogens is 336 g/mol. The Balaban J connectivity index is 1.94. The molecule has 0 heterocycles. The number of hydrazone groups is 1. The van der Waals surface area contributed by atoms with E-state index in [0.717, 1.165) is 36.1 Å². The molecule has 0 spiro atoms. The Labute approximate surface area is 153 Å². The van der Waals surface area contributed by atoms with E-state index in [4.69, 9.17) is 16.3 Å². The molecule has 0 bridgehead atoms. The number of rotatable bonds is 8. The predicted octanol–water partition coefficient (Wildman–Crippen LogP) is 4.74. The van der Waals surface area contributed by atoms with Gasteiger partial charge in [0.15, 0.2) is 6.61 Å². The fourth-order valence-corrected chi connectivity index (χ4v) is 2.38. The number of unbranched alkanes of at least 4 members (excludes halogenated alkanes) is 1. The van der Waals surface area contributed by atoms with Gasteiger partial charge in [-0.1, -0.05) is 55.3 Å². The summed E-state index contributed by atoms with van der Waals surface area (Å²) in [5.41, 5.74) is 5.38. The van der Waals surface area contributed by atoms with Crippen molar-refractivity contribution in [2.24, 2.45) is 5.10 Å². The van der Waals surface area contributed by atoms with Gasteiger partial charge in [-0.05, 0) is 49.1 Å². The monoisotopic (exact) mass is 358 g/mol. The molecule has 2 rings (SSSR count). The molecule has 132 valence electrons. The number of ether oxygens (including phenoxy) is 1. The number of aryl methyl sites for hydroxylation is 1. The van der Waals surface area contributed by atoms with Crippen LogP contribution in [0.25, 0.3) is 0 Å². The van der Waals surface area contributed by atoms with Crippen molar-refractivity contribution < 1.29 is 9.53 Å². The van der Waals surface area contributed by atoms with Crippen LogP contribution in [0, 0.1) is 6.92 Å². The molecule has 0 aliphatic rings. The fraction of sp³-hybridized carbons (Fsp3) is 0.300. The molecule has 4 nitrogen and oxygen atoms in total. The summed E-state index contributed by atoms with van der Waals surface area (Å²) in [6, 6.07) is 15.2. The highest BCUT2D eigenvalue weighted by Crippen LogP contribution is 2.20. The van der Waals surface area contributed by atoms with Crippen LogP contribution in [0.2, 0.25) is 5.02 Å². The van der Waals surface area contributed by atoms with Crippen molar-refractivity contribution in [1.82, 2.24) is 5.43 Å². The summed E-state index contributed by atoms with van der Waals surface area (Å²) in [6.45, 7) is 3.92. The highest BCUT2D eigenvalue weighted by atomic mass is 35.5. The van der Waals surface area contributed by atoms with Crippen LogP contribution in [0.15, 0.2) is 53.6 Å². The first kappa shape index (κ1) is 19.0. The minimum absolute atomic E-state index is 0.0968. The summed E-state index contributed by atoms with van der Waals surface area (Å²) >= 11 is 5.98. The number of hydrogen-bond donors (Lipinski definition) is 1. The zero-order valence-electron chi connectivity index (χ0n) is 14.6. The average Bonchev–Trinajstić information content (AvgIpc) is 2.63. The zero-order valence-corrected chi connectivity index (χ0v) is 15.3. The van der Waals surface area contributed by atoms with Crippen molar-refractivity contribution in [2.75, 3.05) is 6.61 Å². The van der Waals surface area contributed by atoms with Gasteiger partial charge < -0.3 is 4.74 Å². The van der Waals surface area contributed by atoms with Crippen LogP contribution in [-0.2, 0) is 4.79 Å². The van der Waals surface area contributed by atoms with Crippen LogP contribution >= 0.6 is 11.6 Å². The number of halogens is 1. The van der Waals surface area contributed by atoms with Crippen molar-refractivity contribution in [3.8, 4) is 5.75 Å². The van der Waals surface area contributed by atoms with E-state index in [9.17, 15) is 4.79 Å². The Hall–Kier alpha value is -2.33. The Morgan fingerprint density at radius 1 is 1.20 bits per heavy atom. The topological polar surface area (TPSA) is 50.7 Å².